The summed E-state index contributed by atoms with van der Waals surface area (Å²) in [7, 11) is 0. The second-order valence-corrected chi connectivity index (χ2v) is 9.24. The van der Waals surface area contributed by atoms with Crippen molar-refractivity contribution in [3.63, 3.8) is 0 Å². The number of carboxylic acids is 1. The summed E-state index contributed by atoms with van der Waals surface area (Å²) in [4.78, 5) is 39.8. The number of benzene rings is 2. The quantitative estimate of drug-likeness (QED) is 0.332. The molecule has 35 heavy (non-hydrogen) atoms. The highest BCUT2D eigenvalue weighted by Gasteiger charge is 2.25. The molecule has 0 bridgehead atoms. The lowest BCUT2D eigenvalue weighted by Gasteiger charge is -2.16. The molecule has 8 heteroatoms. The van der Waals surface area contributed by atoms with Crippen LogP contribution in [0.4, 0.5) is 0 Å². The number of nitrogens with zero attached hydrogens (tertiary/aromatic N) is 2. The number of pyridine rings is 1. The molecule has 1 fully saturated rings. The van der Waals surface area contributed by atoms with E-state index in [1.54, 1.807) is 59.1 Å². The summed E-state index contributed by atoms with van der Waals surface area (Å²) in [5, 5.41) is 9.70. The molecule has 5 rings (SSSR count). The minimum atomic E-state index is -1.02. The number of carbonyl (C=O) groups is 3. The minimum absolute atomic E-state index is 0.0837. The van der Waals surface area contributed by atoms with E-state index in [1.165, 1.54) is 12.1 Å². The number of fused-ring (bicyclic) bond motifs is 1. The number of hydrogen-bond donors (Lipinski definition) is 1. The standard InChI is InChI=1S/C27H20Cl2N2O4/c28-20-4-3-5-21(29)24(20)25(32)23-14-19(16-6-8-17(9-7-16)27(34)35)22-11-10-18(15-31(22)23)26(33)30-12-1-2-13-30/h3-11,14-15H,1-2,12-13H2,(H,34,35). The van der Waals surface area contributed by atoms with Gasteiger partial charge in [-0.25, -0.2) is 4.79 Å². The molecule has 0 atom stereocenters. The third-order valence-electron chi connectivity index (χ3n) is 6.27. The van der Waals surface area contributed by atoms with Gasteiger partial charge in [0.25, 0.3) is 5.91 Å². The highest BCUT2D eigenvalue weighted by molar-refractivity contribution is 6.41. The molecule has 0 unspecified atom stereocenters. The lowest BCUT2D eigenvalue weighted by molar-refractivity contribution is 0.0696. The summed E-state index contributed by atoms with van der Waals surface area (Å²) in [5.41, 5.74) is 3.25. The number of ketones is 1. The van der Waals surface area contributed by atoms with E-state index in [1.807, 2.05) is 4.90 Å². The molecule has 2 aromatic carbocycles. The van der Waals surface area contributed by atoms with E-state index in [4.69, 9.17) is 23.2 Å². The van der Waals surface area contributed by atoms with Crippen LogP contribution >= 0.6 is 23.2 Å². The van der Waals surface area contributed by atoms with Crippen molar-refractivity contribution in [1.82, 2.24) is 9.30 Å². The van der Waals surface area contributed by atoms with Crippen molar-refractivity contribution in [3.05, 3.63) is 99.3 Å². The zero-order valence-corrected chi connectivity index (χ0v) is 20.0. The smallest absolute Gasteiger partial charge is 0.335 e. The first kappa shape index (κ1) is 23.1. The van der Waals surface area contributed by atoms with Crippen molar-refractivity contribution < 1.29 is 19.5 Å². The molecule has 4 aromatic rings. The van der Waals surface area contributed by atoms with E-state index >= 15 is 0 Å². The Bertz CT molecular complexity index is 1470. The van der Waals surface area contributed by atoms with Crippen molar-refractivity contribution in [2.75, 3.05) is 13.1 Å². The molecular weight excluding hydrogens is 487 g/mol. The number of carboxylic acid groups (broad SMARTS) is 1. The topological polar surface area (TPSA) is 79.1 Å². The summed E-state index contributed by atoms with van der Waals surface area (Å²) in [6.45, 7) is 1.43. The molecular formula is C27H20Cl2N2O4. The number of aromatic nitrogens is 1. The van der Waals surface area contributed by atoms with Crippen LogP contribution in [0, 0.1) is 0 Å². The fourth-order valence-corrected chi connectivity index (χ4v) is 5.04. The third-order valence-corrected chi connectivity index (χ3v) is 6.90. The predicted molar refractivity (Wildman–Crippen MR) is 135 cm³/mol. The van der Waals surface area contributed by atoms with Crippen molar-refractivity contribution in [2.45, 2.75) is 12.8 Å². The van der Waals surface area contributed by atoms with Crippen molar-refractivity contribution >= 4 is 46.4 Å². The summed E-state index contributed by atoms with van der Waals surface area (Å²) in [6.07, 6.45) is 3.62. The van der Waals surface area contributed by atoms with Gasteiger partial charge in [0.1, 0.15) is 0 Å². The van der Waals surface area contributed by atoms with E-state index < -0.39 is 5.97 Å². The monoisotopic (exact) mass is 506 g/mol. The van der Waals surface area contributed by atoms with Crippen LogP contribution in [0.15, 0.2) is 66.9 Å². The number of rotatable bonds is 5. The van der Waals surface area contributed by atoms with Crippen LogP contribution in [0.5, 0.6) is 0 Å². The average molecular weight is 507 g/mol. The second kappa shape index (κ2) is 9.21. The van der Waals surface area contributed by atoms with Gasteiger partial charge in [0, 0.05) is 24.8 Å². The van der Waals surface area contributed by atoms with Crippen LogP contribution in [0.3, 0.4) is 0 Å². The van der Waals surface area contributed by atoms with Crippen molar-refractivity contribution in [3.8, 4) is 11.1 Å². The number of amides is 1. The molecule has 0 radical (unpaired) electrons. The molecule has 1 aliphatic rings. The number of aromatic carboxylic acids is 1. The van der Waals surface area contributed by atoms with Crippen LogP contribution < -0.4 is 0 Å². The van der Waals surface area contributed by atoms with Gasteiger partial charge in [0.2, 0.25) is 5.78 Å². The molecule has 0 aliphatic carbocycles. The van der Waals surface area contributed by atoms with E-state index in [0.29, 0.717) is 35.4 Å². The van der Waals surface area contributed by atoms with Gasteiger partial charge < -0.3 is 14.4 Å². The number of halogens is 2. The van der Waals surface area contributed by atoms with Crippen LogP contribution in [-0.2, 0) is 0 Å². The first-order valence-corrected chi connectivity index (χ1v) is 11.9. The molecule has 6 nitrogen and oxygen atoms in total. The van der Waals surface area contributed by atoms with Gasteiger partial charge in [0.15, 0.2) is 0 Å². The maximum atomic E-state index is 13.7. The molecule has 0 saturated carbocycles. The fraction of sp³-hybridized carbons (Fsp3) is 0.148. The van der Waals surface area contributed by atoms with Gasteiger partial charge in [-0.3, -0.25) is 9.59 Å². The van der Waals surface area contributed by atoms with Gasteiger partial charge in [-0.2, -0.15) is 0 Å². The maximum absolute atomic E-state index is 13.7. The van der Waals surface area contributed by atoms with E-state index in [-0.39, 0.29) is 32.9 Å². The number of carbonyl (C=O) groups excluding carboxylic acids is 2. The van der Waals surface area contributed by atoms with Gasteiger partial charge >= 0.3 is 5.97 Å². The Morgan fingerprint density at radius 2 is 1.46 bits per heavy atom. The van der Waals surface area contributed by atoms with Crippen LogP contribution in [0.2, 0.25) is 10.0 Å². The summed E-state index contributed by atoms with van der Waals surface area (Å²) < 4.78 is 1.69. The Morgan fingerprint density at radius 3 is 2.09 bits per heavy atom. The Labute approximate surface area is 211 Å². The SMILES string of the molecule is O=C(O)c1ccc(-c2cc(C(=O)c3c(Cl)cccc3Cl)n3cc(C(=O)N4CCCC4)ccc23)cc1. The Balaban J connectivity index is 1.69. The highest BCUT2D eigenvalue weighted by Crippen LogP contribution is 2.33. The Hall–Kier alpha value is -3.61. The second-order valence-electron chi connectivity index (χ2n) is 8.42. The molecule has 1 aliphatic heterocycles. The van der Waals surface area contributed by atoms with Gasteiger partial charge in [-0.05, 0) is 60.9 Å². The zero-order chi connectivity index (χ0) is 24.7. The lowest BCUT2D eigenvalue weighted by Crippen LogP contribution is -2.27. The van der Waals surface area contributed by atoms with Gasteiger partial charge in [0.05, 0.1) is 37.9 Å². The van der Waals surface area contributed by atoms with Gasteiger partial charge in [-0.15, -0.1) is 0 Å². The first-order chi connectivity index (χ1) is 16.8. The van der Waals surface area contributed by atoms with Crippen molar-refractivity contribution in [1.29, 1.82) is 0 Å². The highest BCUT2D eigenvalue weighted by atomic mass is 35.5. The lowest BCUT2D eigenvalue weighted by atomic mass is 10.0. The largest absolute Gasteiger partial charge is 0.478 e. The van der Waals surface area contributed by atoms with Gasteiger partial charge in [-0.1, -0.05) is 41.4 Å². The molecule has 1 N–H and O–H groups in total. The summed E-state index contributed by atoms with van der Waals surface area (Å²) in [6, 6.07) is 16.6. The molecule has 3 heterocycles. The summed E-state index contributed by atoms with van der Waals surface area (Å²) in [5.74, 6) is -1.48. The van der Waals surface area contributed by atoms with Crippen LogP contribution in [0.1, 0.15) is 49.6 Å². The average Bonchev–Trinajstić information content (AvgIpc) is 3.52. The molecule has 0 spiro atoms. The molecule has 1 amide bonds. The Morgan fingerprint density at radius 1 is 0.829 bits per heavy atom. The summed E-state index contributed by atoms with van der Waals surface area (Å²) >= 11 is 12.7. The van der Waals surface area contributed by atoms with Crippen LogP contribution in [-0.4, -0.2) is 45.2 Å². The van der Waals surface area contributed by atoms with Crippen LogP contribution in [0.25, 0.3) is 16.6 Å². The first-order valence-electron chi connectivity index (χ1n) is 11.1. The van der Waals surface area contributed by atoms with E-state index in [2.05, 4.69) is 0 Å². The minimum Gasteiger partial charge on any atom is -0.478 e. The normalized spacial score (nSPS) is 13.4. The van der Waals surface area contributed by atoms with E-state index in [0.717, 1.165) is 18.4 Å². The molecule has 176 valence electrons. The zero-order valence-electron chi connectivity index (χ0n) is 18.5. The molecule has 2 aromatic heterocycles. The Kier molecular flexibility index (Phi) is 6.09. The number of hydrogen-bond acceptors (Lipinski definition) is 3. The third kappa shape index (κ3) is 4.20. The number of likely N-dealkylation sites (tertiary alicyclic amines) is 1. The van der Waals surface area contributed by atoms with E-state index in [9.17, 15) is 19.5 Å². The molecule has 1 saturated heterocycles. The maximum Gasteiger partial charge on any atom is 0.335 e. The predicted octanol–water partition coefficient (Wildman–Crippen LogP) is 6.08. The van der Waals surface area contributed by atoms with Crippen molar-refractivity contribution in [2.24, 2.45) is 0 Å². The fourth-order valence-electron chi connectivity index (χ4n) is 4.47.